The number of ketones is 2. The minimum atomic E-state index is -1.09. The molecule has 35 heavy (non-hydrogen) atoms. The molecular weight excluding hydrogens is 478 g/mol. The van der Waals surface area contributed by atoms with Crippen LogP contribution in [-0.2, 0) is 11.3 Å². The van der Waals surface area contributed by atoms with E-state index in [1.165, 1.54) is 18.2 Å². The normalized spacial score (nSPS) is 12.1. The van der Waals surface area contributed by atoms with E-state index in [-0.39, 0.29) is 28.5 Å². The number of ether oxygens (including phenoxy) is 1. The average molecular weight is 490 g/mol. The second-order valence-electron chi connectivity index (χ2n) is 7.43. The maximum atomic E-state index is 13.0. The van der Waals surface area contributed by atoms with E-state index in [4.69, 9.17) is 20.8 Å². The van der Waals surface area contributed by atoms with Gasteiger partial charge in [0.1, 0.15) is 11.1 Å². The van der Waals surface area contributed by atoms with E-state index in [1.807, 2.05) is 0 Å². The quantitative estimate of drug-likeness (QED) is 0.199. The van der Waals surface area contributed by atoms with Gasteiger partial charge >= 0.3 is 5.97 Å². The Kier molecular flexibility index (Phi) is 5.42. The summed E-state index contributed by atoms with van der Waals surface area (Å²) in [5, 5.41) is 20.1. The lowest BCUT2D eigenvalue weighted by molar-refractivity contribution is -0.385. The summed E-state index contributed by atoms with van der Waals surface area (Å²) in [6.45, 7) is -0.469. The van der Waals surface area contributed by atoms with Gasteiger partial charge in [-0.1, -0.05) is 35.9 Å². The van der Waals surface area contributed by atoms with Crippen molar-refractivity contribution >= 4 is 34.8 Å². The molecule has 11 heteroatoms. The molecule has 1 aromatic heterocycles. The summed E-state index contributed by atoms with van der Waals surface area (Å²) in [6.07, 6.45) is 0. The van der Waals surface area contributed by atoms with Crippen molar-refractivity contribution in [3.63, 3.8) is 0 Å². The highest BCUT2D eigenvalue weighted by atomic mass is 35.5. The van der Waals surface area contributed by atoms with Crippen molar-refractivity contribution in [1.29, 1.82) is 0 Å². The number of fused-ring (bicyclic) bond motifs is 2. The third-order valence-corrected chi connectivity index (χ3v) is 5.61. The fraction of sp³-hybridized carbons (Fsp3) is 0.0417. The third kappa shape index (κ3) is 3.85. The largest absolute Gasteiger partial charge is 0.452 e. The Labute approximate surface area is 201 Å². The van der Waals surface area contributed by atoms with E-state index in [0.29, 0.717) is 10.6 Å². The number of nitro groups is 1. The van der Waals surface area contributed by atoms with Crippen molar-refractivity contribution in [3.8, 4) is 11.5 Å². The summed E-state index contributed by atoms with van der Waals surface area (Å²) < 4.78 is 10.6. The third-order valence-electron chi connectivity index (χ3n) is 5.35. The first kappa shape index (κ1) is 22.1. The molecule has 172 valence electrons. The molecule has 4 aromatic rings. The van der Waals surface area contributed by atoms with Crippen LogP contribution in [0.2, 0.25) is 5.02 Å². The zero-order valence-electron chi connectivity index (χ0n) is 17.6. The summed E-state index contributed by atoms with van der Waals surface area (Å²) in [5.41, 5.74) is -1.12. The lowest BCUT2D eigenvalue weighted by atomic mass is 9.82. The number of esters is 1. The van der Waals surface area contributed by atoms with E-state index >= 15 is 0 Å². The number of benzene rings is 3. The van der Waals surface area contributed by atoms with Crippen LogP contribution in [0.5, 0.6) is 0 Å². The van der Waals surface area contributed by atoms with Crippen LogP contribution in [0.25, 0.3) is 11.5 Å². The van der Waals surface area contributed by atoms with Crippen molar-refractivity contribution in [3.05, 3.63) is 110 Å². The molecule has 0 spiro atoms. The Hall–Kier alpha value is -4.70. The summed E-state index contributed by atoms with van der Waals surface area (Å²) in [6, 6.07) is 14.9. The second kappa shape index (κ2) is 8.58. The number of carbonyl (C=O) groups is 3. The number of hydrogen-bond acceptors (Lipinski definition) is 9. The minimum absolute atomic E-state index is 0.0270. The first-order valence-electron chi connectivity index (χ1n) is 10.1. The van der Waals surface area contributed by atoms with E-state index in [9.17, 15) is 24.5 Å². The van der Waals surface area contributed by atoms with Crippen molar-refractivity contribution in [2.75, 3.05) is 0 Å². The highest BCUT2D eigenvalue weighted by Gasteiger charge is 2.39. The smallest absolute Gasteiger partial charge is 0.345 e. The molecule has 5 rings (SSSR count). The van der Waals surface area contributed by atoms with Crippen LogP contribution < -0.4 is 0 Å². The molecule has 1 heterocycles. The number of nitro benzene ring substituents is 1. The molecule has 0 aliphatic heterocycles. The molecule has 0 saturated carbocycles. The number of halogens is 1. The van der Waals surface area contributed by atoms with Crippen LogP contribution in [0.4, 0.5) is 5.69 Å². The Morgan fingerprint density at radius 1 is 0.943 bits per heavy atom. The number of hydrogen-bond donors (Lipinski definition) is 0. The standard InChI is InChI=1S/C24H12ClN3O7/c25-13-7-5-12(6-8-13)23-27-26-18(35-23)11-34-24(31)17-10-9-16-19(20(17)28(32)33)22(30)15-4-2-1-3-14(15)21(16)29/h1-10H,11H2. The SMILES string of the molecule is O=C1c2ccccc2C(=O)c2c1ccc(C(=O)OCc1nnc(-c3ccc(Cl)cc3)o1)c2[N+](=O)[O-]. The monoisotopic (exact) mass is 489 g/mol. The van der Waals surface area contributed by atoms with Gasteiger partial charge in [0.05, 0.1) is 4.92 Å². The summed E-state index contributed by atoms with van der Waals surface area (Å²) in [7, 11) is 0. The number of rotatable bonds is 5. The van der Waals surface area contributed by atoms with Crippen LogP contribution >= 0.6 is 11.6 Å². The second-order valence-corrected chi connectivity index (χ2v) is 7.87. The van der Waals surface area contributed by atoms with Gasteiger partial charge in [-0.05, 0) is 36.4 Å². The van der Waals surface area contributed by atoms with Gasteiger partial charge in [-0.15, -0.1) is 10.2 Å². The van der Waals surface area contributed by atoms with Crippen LogP contribution in [0, 0.1) is 10.1 Å². The molecule has 0 amide bonds. The molecule has 0 unspecified atom stereocenters. The average Bonchev–Trinajstić information content (AvgIpc) is 3.34. The van der Waals surface area contributed by atoms with Gasteiger partial charge in [-0.25, -0.2) is 4.79 Å². The Balaban J connectivity index is 1.43. The topological polar surface area (TPSA) is 142 Å². The van der Waals surface area contributed by atoms with Gasteiger partial charge in [0.25, 0.3) is 11.6 Å². The number of aromatic nitrogens is 2. The predicted octanol–water partition coefficient (Wildman–Crippen LogP) is 4.43. The van der Waals surface area contributed by atoms with Gasteiger partial charge in [-0.3, -0.25) is 19.7 Å². The van der Waals surface area contributed by atoms with Gasteiger partial charge in [0.15, 0.2) is 12.4 Å². The first-order valence-corrected chi connectivity index (χ1v) is 10.5. The molecule has 0 bridgehead atoms. The Morgan fingerprint density at radius 3 is 2.31 bits per heavy atom. The van der Waals surface area contributed by atoms with E-state index < -0.39 is 45.9 Å². The first-order chi connectivity index (χ1) is 16.8. The molecule has 3 aromatic carbocycles. The molecule has 1 aliphatic carbocycles. The van der Waals surface area contributed by atoms with Crippen LogP contribution in [0.3, 0.4) is 0 Å². The summed E-state index contributed by atoms with van der Waals surface area (Å²) >= 11 is 5.86. The maximum Gasteiger partial charge on any atom is 0.345 e. The van der Waals surface area contributed by atoms with Crippen LogP contribution in [0.1, 0.15) is 48.1 Å². The molecule has 0 atom stereocenters. The summed E-state index contributed by atoms with van der Waals surface area (Å²) in [5.74, 6) is -2.25. The highest BCUT2D eigenvalue weighted by Crippen LogP contribution is 2.36. The Morgan fingerprint density at radius 2 is 1.63 bits per heavy atom. The highest BCUT2D eigenvalue weighted by molar-refractivity contribution is 6.31. The van der Waals surface area contributed by atoms with Crippen LogP contribution in [-0.4, -0.2) is 32.7 Å². The van der Waals surface area contributed by atoms with Crippen molar-refractivity contribution in [2.24, 2.45) is 0 Å². The molecule has 1 aliphatic rings. The van der Waals surface area contributed by atoms with E-state index in [2.05, 4.69) is 10.2 Å². The zero-order chi connectivity index (χ0) is 24.7. The Bertz CT molecular complexity index is 1540. The van der Waals surface area contributed by atoms with Crippen molar-refractivity contribution < 1.29 is 28.5 Å². The lowest BCUT2D eigenvalue weighted by Crippen LogP contribution is -2.23. The molecule has 10 nitrogen and oxygen atoms in total. The lowest BCUT2D eigenvalue weighted by Gasteiger charge is -2.18. The van der Waals surface area contributed by atoms with E-state index in [0.717, 1.165) is 6.07 Å². The molecular formula is C24H12ClN3O7. The van der Waals surface area contributed by atoms with Crippen LogP contribution in [0.15, 0.2) is 65.1 Å². The zero-order valence-corrected chi connectivity index (χ0v) is 18.3. The number of carbonyl (C=O) groups excluding carboxylic acids is 3. The molecule has 0 radical (unpaired) electrons. The van der Waals surface area contributed by atoms with Crippen molar-refractivity contribution in [2.45, 2.75) is 6.61 Å². The van der Waals surface area contributed by atoms with Gasteiger partial charge < -0.3 is 9.15 Å². The van der Waals surface area contributed by atoms with E-state index in [1.54, 1.807) is 36.4 Å². The predicted molar refractivity (Wildman–Crippen MR) is 120 cm³/mol. The molecule has 0 saturated heterocycles. The van der Waals surface area contributed by atoms with Gasteiger partial charge in [-0.2, -0.15) is 0 Å². The summed E-state index contributed by atoms with van der Waals surface area (Å²) in [4.78, 5) is 49.7. The molecule has 0 N–H and O–H groups in total. The minimum Gasteiger partial charge on any atom is -0.452 e. The van der Waals surface area contributed by atoms with Crippen molar-refractivity contribution in [1.82, 2.24) is 10.2 Å². The fourth-order valence-electron chi connectivity index (χ4n) is 3.75. The molecule has 0 fully saturated rings. The maximum absolute atomic E-state index is 13.0. The van der Waals surface area contributed by atoms with Gasteiger partial charge in [0, 0.05) is 27.3 Å². The fourth-order valence-corrected chi connectivity index (χ4v) is 3.88. The number of nitrogens with zero attached hydrogens (tertiary/aromatic N) is 3. The van der Waals surface area contributed by atoms with Gasteiger partial charge in [0.2, 0.25) is 11.7 Å².